The van der Waals surface area contributed by atoms with Crippen LogP contribution in [0.5, 0.6) is 5.75 Å². The Morgan fingerprint density at radius 2 is 1.93 bits per heavy atom. The monoisotopic (exact) mass is 418 g/mol. The van der Waals surface area contributed by atoms with Gasteiger partial charge in [0.2, 0.25) is 5.91 Å². The predicted molar refractivity (Wildman–Crippen MR) is 111 cm³/mol. The summed E-state index contributed by atoms with van der Waals surface area (Å²) in [5.74, 6) is -0.758. The Balaban J connectivity index is 1.94. The highest BCUT2D eigenvalue weighted by Crippen LogP contribution is 2.21. The number of hydrogen-bond acceptors (Lipinski definition) is 4. The molecule has 160 valence electrons. The average Bonchev–Trinajstić information content (AvgIpc) is 2.72. The highest BCUT2D eigenvalue weighted by molar-refractivity contribution is 6.03. The standard InChI is InChI=1S/C22H24F2N2O4/c1-2-29-14-6-13-25-21(28)17-8-5-9-18(15-17)26-20(27)12-11-16-7-3-4-10-19(16)30-22(23)24/h3-5,7-12,15,22H,2,6,13-14H2,1H3,(H,25,28)(H,26,27)/b12-11+. The van der Waals surface area contributed by atoms with Crippen LogP contribution in [0.4, 0.5) is 14.5 Å². The number of ether oxygens (including phenoxy) is 2. The molecule has 2 aromatic carbocycles. The van der Waals surface area contributed by atoms with Crippen LogP contribution >= 0.6 is 0 Å². The number of carbonyl (C=O) groups excluding carboxylic acids is 2. The van der Waals surface area contributed by atoms with E-state index in [1.807, 2.05) is 6.92 Å². The van der Waals surface area contributed by atoms with Crippen molar-refractivity contribution in [3.8, 4) is 5.75 Å². The maximum absolute atomic E-state index is 12.5. The first-order valence-corrected chi connectivity index (χ1v) is 9.48. The summed E-state index contributed by atoms with van der Waals surface area (Å²) in [5, 5.41) is 5.42. The molecule has 2 aromatic rings. The summed E-state index contributed by atoms with van der Waals surface area (Å²) in [5.41, 5.74) is 1.18. The van der Waals surface area contributed by atoms with Crippen molar-refractivity contribution < 1.29 is 27.8 Å². The van der Waals surface area contributed by atoms with Crippen molar-refractivity contribution in [2.75, 3.05) is 25.1 Å². The molecular formula is C22H24F2N2O4. The van der Waals surface area contributed by atoms with Crippen molar-refractivity contribution in [1.29, 1.82) is 0 Å². The molecule has 0 fully saturated rings. The third kappa shape index (κ3) is 8.00. The SMILES string of the molecule is CCOCCCNC(=O)c1cccc(NC(=O)/C=C/c2ccccc2OC(F)F)c1. The molecule has 2 N–H and O–H groups in total. The van der Waals surface area contributed by atoms with Crippen LogP contribution in [0.2, 0.25) is 0 Å². The van der Waals surface area contributed by atoms with E-state index in [-0.39, 0.29) is 11.7 Å². The van der Waals surface area contributed by atoms with Gasteiger partial charge in [-0.2, -0.15) is 8.78 Å². The minimum absolute atomic E-state index is 0.0282. The largest absolute Gasteiger partial charge is 0.434 e. The van der Waals surface area contributed by atoms with Crippen LogP contribution in [0.1, 0.15) is 29.3 Å². The maximum atomic E-state index is 12.5. The van der Waals surface area contributed by atoms with Crippen molar-refractivity contribution in [3.63, 3.8) is 0 Å². The normalized spacial score (nSPS) is 10.9. The van der Waals surface area contributed by atoms with Gasteiger partial charge in [0.15, 0.2) is 0 Å². The zero-order valence-electron chi connectivity index (χ0n) is 16.6. The minimum atomic E-state index is -2.96. The number of nitrogens with one attached hydrogen (secondary N) is 2. The molecule has 6 nitrogen and oxygen atoms in total. The lowest BCUT2D eigenvalue weighted by molar-refractivity contribution is -0.111. The smallest absolute Gasteiger partial charge is 0.387 e. The molecule has 8 heteroatoms. The number of carbonyl (C=O) groups is 2. The van der Waals surface area contributed by atoms with Crippen molar-refractivity contribution in [2.24, 2.45) is 0 Å². The molecule has 0 aliphatic rings. The van der Waals surface area contributed by atoms with Crippen molar-refractivity contribution in [1.82, 2.24) is 5.32 Å². The van der Waals surface area contributed by atoms with Gasteiger partial charge in [-0.3, -0.25) is 9.59 Å². The van der Waals surface area contributed by atoms with Gasteiger partial charge in [-0.05, 0) is 43.7 Å². The van der Waals surface area contributed by atoms with Crippen molar-refractivity contribution in [3.05, 3.63) is 65.7 Å². The Morgan fingerprint density at radius 3 is 2.70 bits per heavy atom. The van der Waals surface area contributed by atoms with E-state index in [0.29, 0.717) is 43.0 Å². The highest BCUT2D eigenvalue weighted by Gasteiger charge is 2.09. The van der Waals surface area contributed by atoms with Crippen LogP contribution in [0.25, 0.3) is 6.08 Å². The summed E-state index contributed by atoms with van der Waals surface area (Å²) in [6, 6.07) is 12.6. The van der Waals surface area contributed by atoms with E-state index in [1.54, 1.807) is 42.5 Å². The van der Waals surface area contributed by atoms with Gasteiger partial charge in [-0.1, -0.05) is 24.3 Å². The molecule has 0 radical (unpaired) electrons. The average molecular weight is 418 g/mol. The molecular weight excluding hydrogens is 394 g/mol. The first kappa shape index (κ1) is 23.0. The van der Waals surface area contributed by atoms with Gasteiger partial charge in [0.05, 0.1) is 0 Å². The van der Waals surface area contributed by atoms with E-state index >= 15 is 0 Å². The summed E-state index contributed by atoms with van der Waals surface area (Å²) in [4.78, 5) is 24.4. The summed E-state index contributed by atoms with van der Waals surface area (Å²) in [6.45, 7) is 0.642. The Labute approximate surface area is 173 Å². The molecule has 0 saturated heterocycles. The molecule has 0 unspecified atom stereocenters. The molecule has 30 heavy (non-hydrogen) atoms. The van der Waals surface area contributed by atoms with E-state index in [1.165, 1.54) is 18.2 Å². The van der Waals surface area contributed by atoms with Gasteiger partial charge in [0.1, 0.15) is 5.75 Å². The summed E-state index contributed by atoms with van der Waals surface area (Å²) in [7, 11) is 0. The molecule has 2 rings (SSSR count). The summed E-state index contributed by atoms with van der Waals surface area (Å²) < 4.78 is 34.6. The van der Waals surface area contributed by atoms with E-state index in [0.717, 1.165) is 0 Å². The fraction of sp³-hybridized carbons (Fsp3) is 0.273. The summed E-state index contributed by atoms with van der Waals surface area (Å²) >= 11 is 0. The first-order chi connectivity index (χ1) is 14.5. The second-order valence-electron chi connectivity index (χ2n) is 6.13. The van der Waals surface area contributed by atoms with E-state index < -0.39 is 12.5 Å². The Morgan fingerprint density at radius 1 is 1.13 bits per heavy atom. The zero-order valence-corrected chi connectivity index (χ0v) is 16.6. The second kappa shape index (κ2) is 12.3. The fourth-order valence-corrected chi connectivity index (χ4v) is 2.53. The molecule has 0 aromatic heterocycles. The second-order valence-corrected chi connectivity index (χ2v) is 6.13. The molecule has 2 amide bonds. The predicted octanol–water partition coefficient (Wildman–Crippen LogP) is 4.10. The molecule has 0 aliphatic heterocycles. The van der Waals surface area contributed by atoms with Gasteiger partial charge in [-0.25, -0.2) is 0 Å². The lowest BCUT2D eigenvalue weighted by Crippen LogP contribution is -2.25. The lowest BCUT2D eigenvalue weighted by Gasteiger charge is -2.08. The maximum Gasteiger partial charge on any atom is 0.387 e. The van der Waals surface area contributed by atoms with Gasteiger partial charge in [0, 0.05) is 42.6 Å². The van der Waals surface area contributed by atoms with Crippen LogP contribution in [0.3, 0.4) is 0 Å². The van der Waals surface area contributed by atoms with Crippen LogP contribution in [-0.2, 0) is 9.53 Å². The van der Waals surface area contributed by atoms with Crippen molar-refractivity contribution in [2.45, 2.75) is 20.0 Å². The zero-order chi connectivity index (χ0) is 21.8. The third-order valence-electron chi connectivity index (χ3n) is 3.90. The number of para-hydroxylation sites is 1. The minimum Gasteiger partial charge on any atom is -0.434 e. The van der Waals surface area contributed by atoms with Gasteiger partial charge in [0.25, 0.3) is 5.91 Å². The van der Waals surface area contributed by atoms with Crippen molar-refractivity contribution >= 4 is 23.6 Å². The summed E-state index contributed by atoms with van der Waals surface area (Å²) in [6.07, 6.45) is 3.29. The highest BCUT2D eigenvalue weighted by atomic mass is 19.3. The fourth-order valence-electron chi connectivity index (χ4n) is 2.53. The molecule has 0 bridgehead atoms. The number of hydrogen-bond donors (Lipinski definition) is 2. The Kier molecular flexibility index (Phi) is 9.47. The topological polar surface area (TPSA) is 76.7 Å². The number of anilines is 1. The molecule has 0 atom stereocenters. The van der Waals surface area contributed by atoms with Crippen LogP contribution in [0, 0.1) is 0 Å². The number of alkyl halides is 2. The Hall–Kier alpha value is -3.26. The lowest BCUT2D eigenvalue weighted by atomic mass is 10.1. The molecule has 0 heterocycles. The number of benzene rings is 2. The molecule has 0 aliphatic carbocycles. The van der Waals surface area contributed by atoms with Crippen LogP contribution < -0.4 is 15.4 Å². The van der Waals surface area contributed by atoms with Crippen LogP contribution in [-0.4, -0.2) is 38.2 Å². The van der Waals surface area contributed by atoms with Gasteiger partial charge in [-0.15, -0.1) is 0 Å². The van der Waals surface area contributed by atoms with Gasteiger partial charge < -0.3 is 20.1 Å². The number of amides is 2. The van der Waals surface area contributed by atoms with Gasteiger partial charge >= 0.3 is 6.61 Å². The number of halogens is 2. The number of rotatable bonds is 11. The molecule has 0 saturated carbocycles. The third-order valence-corrected chi connectivity index (χ3v) is 3.90. The first-order valence-electron chi connectivity index (χ1n) is 9.48. The van der Waals surface area contributed by atoms with E-state index in [4.69, 9.17) is 4.74 Å². The van der Waals surface area contributed by atoms with E-state index in [2.05, 4.69) is 15.4 Å². The molecule has 0 spiro atoms. The van der Waals surface area contributed by atoms with Crippen LogP contribution in [0.15, 0.2) is 54.6 Å². The quantitative estimate of drug-likeness (QED) is 0.426. The Bertz CT molecular complexity index is 872. The van der Waals surface area contributed by atoms with E-state index in [9.17, 15) is 18.4 Å².